The number of ether oxygens (including phenoxy) is 9. The van der Waals surface area contributed by atoms with E-state index in [1.807, 2.05) is 4.72 Å². The highest BCUT2D eigenvalue weighted by molar-refractivity contribution is 7.90. The molecule has 120 heavy (non-hydrogen) atoms. The quantitative estimate of drug-likeness (QED) is 0.109. The second kappa shape index (κ2) is 52.7. The van der Waals surface area contributed by atoms with Crippen molar-refractivity contribution in [2.24, 2.45) is 0 Å². The van der Waals surface area contributed by atoms with Gasteiger partial charge < -0.3 is 272 Å². The van der Waals surface area contributed by atoms with Gasteiger partial charge in [-0.15, -0.1) is 0 Å². The second-order valence-electron chi connectivity index (χ2n) is 26.9. The zero-order valence-corrected chi connectivity index (χ0v) is 62.9. The van der Waals surface area contributed by atoms with Crippen molar-refractivity contribution < 1.29 is 286 Å². The van der Waals surface area contributed by atoms with Crippen LogP contribution in [0.2, 0.25) is 0 Å². The molecular formula is C61H113NO57S. The molecule has 10 aliphatic heterocycles. The number of hydrogen-bond acceptors (Lipinski definition) is 57. The predicted molar refractivity (Wildman–Crippen MR) is 365 cm³/mol. The molecule has 0 saturated carbocycles. The average Bonchev–Trinajstić information content (AvgIpc) is 1.63. The highest BCUT2D eigenvalue weighted by Crippen LogP contribution is 2.28. The first-order chi connectivity index (χ1) is 55.8. The monoisotopic (exact) mass is 1800 g/mol. The molecular weight excluding hydrogens is 1690 g/mol. The summed E-state index contributed by atoms with van der Waals surface area (Å²) in [4.78, 5) is 11.1. The average molecular weight is 1800 g/mol. The van der Waals surface area contributed by atoms with Crippen LogP contribution in [0.5, 0.6) is 0 Å². The van der Waals surface area contributed by atoms with Crippen molar-refractivity contribution in [3.8, 4) is 0 Å². The molecule has 59 heteroatoms. The Hall–Kier alpha value is -3.52. The summed E-state index contributed by atoms with van der Waals surface area (Å²) >= 11 is 0. The Morgan fingerprint density at radius 2 is 0.333 bits per heavy atom. The van der Waals surface area contributed by atoms with Crippen LogP contribution in [-0.2, 0) is 52.7 Å². The summed E-state index contributed by atoms with van der Waals surface area (Å²) in [6.07, 6.45) is -63.4. The van der Waals surface area contributed by atoms with E-state index in [1.165, 1.54) is 12.1 Å². The van der Waals surface area contributed by atoms with Gasteiger partial charge in [-0.25, -0.2) is 13.1 Å². The molecule has 1 aromatic carbocycles. The van der Waals surface area contributed by atoms with Gasteiger partial charge in [0.2, 0.25) is 0 Å². The molecule has 10 heterocycles. The fourth-order valence-electron chi connectivity index (χ4n) is 10.9. The molecule has 710 valence electrons. The summed E-state index contributed by atoms with van der Waals surface area (Å²) in [5.74, 6) is -0.550. The Morgan fingerprint density at radius 3 is 0.450 bits per heavy atom. The van der Waals surface area contributed by atoms with E-state index in [0.717, 1.165) is 0 Å². The van der Waals surface area contributed by atoms with Crippen LogP contribution in [0.3, 0.4) is 0 Å². The fraction of sp³-hybridized carbons (Fsp3) is 0.885. The summed E-state index contributed by atoms with van der Waals surface area (Å²) in [6, 6.07) is 6.09. The first-order valence-electron chi connectivity index (χ1n) is 35.3. The van der Waals surface area contributed by atoms with Gasteiger partial charge in [0.25, 0.3) is 15.9 Å². The van der Waals surface area contributed by atoms with E-state index in [1.54, 1.807) is 12.1 Å². The lowest BCUT2D eigenvalue weighted by atomic mass is 10.00. The number of sulfonamides is 1. The Bertz CT molecular complexity index is 2560. The van der Waals surface area contributed by atoms with Gasteiger partial charge in [0.15, 0.2) is 56.6 Å². The standard InChI is InChI=1S/C7H5NO3S.9C6H12O6/c9-7-5-3-1-2-4-6(5)12(10,11)8-7;9*7-1-2-3(8)4(9)5(10)6(11)12-2/h1-4H,(H,8,9);9*2-11H,1H2/t;9*2-,3-,4+,5-,6?/m.111111111/s1. The maximum absolute atomic E-state index is 11.1. The number of carbonyl (C=O) groups is 1. The molecule has 11 rings (SSSR count). The molecule has 0 aliphatic carbocycles. The molecule has 10 aliphatic rings. The van der Waals surface area contributed by atoms with Crippen LogP contribution in [0, 0.1) is 0 Å². The summed E-state index contributed by atoms with van der Waals surface area (Å²) in [6.45, 7) is -4.73. The second-order valence-corrected chi connectivity index (χ2v) is 28.6. The number of amides is 1. The normalized spacial score (nSPS) is 46.2. The smallest absolute Gasteiger partial charge is 0.266 e. The SMILES string of the molecule is O=C1NS(=O)(=O)c2ccccc21.OC[C@H]1OC(O)[C@H](O)[C@@H](O)[C@@H]1O.OC[C@H]1OC(O)[C@H](O)[C@@H](O)[C@@H]1O.OC[C@H]1OC(O)[C@H](O)[C@@H](O)[C@@H]1O.OC[C@H]1OC(O)[C@H](O)[C@@H](O)[C@@H]1O.OC[C@H]1OC(O)[C@H](O)[C@@H](O)[C@@H]1O.OC[C@H]1OC(O)[C@H](O)[C@@H](O)[C@@H]1O.OC[C@H]1OC(O)[C@H](O)[C@@H](O)[C@@H]1O.OC[C@H]1OC(O)[C@H](O)[C@@H](O)[C@@H]1O.OC[C@H]1OC(O)[C@H](O)[C@@H](O)[C@@H]1O. The lowest BCUT2D eigenvalue weighted by Crippen LogP contribution is -2.58. The van der Waals surface area contributed by atoms with Crippen molar-refractivity contribution in [3.05, 3.63) is 29.8 Å². The van der Waals surface area contributed by atoms with Gasteiger partial charge in [0, 0.05) is 0 Å². The van der Waals surface area contributed by atoms with Crippen LogP contribution < -0.4 is 4.72 Å². The van der Waals surface area contributed by atoms with E-state index in [2.05, 4.69) is 42.6 Å². The molecule has 1 aromatic rings. The van der Waals surface area contributed by atoms with Crippen molar-refractivity contribution >= 4 is 15.9 Å². The molecule has 9 fully saturated rings. The van der Waals surface area contributed by atoms with E-state index < -0.39 is 352 Å². The van der Waals surface area contributed by atoms with E-state index in [4.69, 9.17) is 230 Å². The van der Waals surface area contributed by atoms with E-state index in [9.17, 15) is 13.2 Å². The predicted octanol–water partition coefficient (Wildman–Crippen LogP) is -28.9. The van der Waals surface area contributed by atoms with Crippen molar-refractivity contribution in [1.82, 2.24) is 4.72 Å². The minimum Gasteiger partial charge on any atom is -0.394 e. The Kier molecular flexibility index (Phi) is 49.4. The molecule has 9 unspecified atom stereocenters. The maximum Gasteiger partial charge on any atom is 0.266 e. The van der Waals surface area contributed by atoms with Crippen LogP contribution in [0.1, 0.15) is 10.4 Å². The molecule has 0 bridgehead atoms. The fourth-order valence-corrected chi connectivity index (χ4v) is 12.0. The third-order valence-electron chi connectivity index (χ3n) is 18.5. The molecule has 0 spiro atoms. The van der Waals surface area contributed by atoms with Gasteiger partial charge in [-0.2, -0.15) is 0 Å². The van der Waals surface area contributed by atoms with Gasteiger partial charge in [-0.05, 0) is 12.1 Å². The van der Waals surface area contributed by atoms with Gasteiger partial charge in [-0.1, -0.05) is 12.1 Å². The van der Waals surface area contributed by atoms with Crippen LogP contribution in [0.25, 0.3) is 0 Å². The van der Waals surface area contributed by atoms with E-state index >= 15 is 0 Å². The third-order valence-corrected chi connectivity index (χ3v) is 19.8. The minimum absolute atomic E-state index is 0.0648. The summed E-state index contributed by atoms with van der Waals surface area (Å²) in [5.41, 5.74) is 0.220. The number of aliphatic hydroxyl groups is 45. The first kappa shape index (κ1) is 113. The molecule has 46 N–H and O–H groups in total. The first-order valence-corrected chi connectivity index (χ1v) is 36.8. The van der Waals surface area contributed by atoms with Crippen molar-refractivity contribution in [1.29, 1.82) is 0 Å². The number of carbonyl (C=O) groups excluding carboxylic acids is 1. The van der Waals surface area contributed by atoms with Crippen LogP contribution in [-0.4, -0.2) is 580 Å². The zero-order chi connectivity index (χ0) is 92.5. The van der Waals surface area contributed by atoms with Gasteiger partial charge in [-0.3, -0.25) is 4.79 Å². The summed E-state index contributed by atoms with van der Waals surface area (Å²) < 4.78 is 65.3. The molecule has 0 radical (unpaired) electrons. The number of hydrogen-bond donors (Lipinski definition) is 46. The minimum atomic E-state index is -3.55. The van der Waals surface area contributed by atoms with Gasteiger partial charge >= 0.3 is 0 Å². The summed E-state index contributed by atoms with van der Waals surface area (Å²) in [7, 11) is -3.55. The number of benzene rings is 1. The number of rotatable bonds is 9. The largest absolute Gasteiger partial charge is 0.394 e. The topological polar surface area (TPSA) is 1060 Å². The lowest BCUT2D eigenvalue weighted by Gasteiger charge is -2.37. The highest BCUT2D eigenvalue weighted by Gasteiger charge is 2.50. The number of aliphatic hydroxyl groups excluding tert-OH is 45. The van der Waals surface area contributed by atoms with Gasteiger partial charge in [0.1, 0.15) is 225 Å². The van der Waals surface area contributed by atoms with Gasteiger partial charge in [0.05, 0.1) is 65.0 Å². The Morgan fingerprint density at radius 1 is 0.208 bits per heavy atom. The molecule has 9 saturated heterocycles. The highest BCUT2D eigenvalue weighted by atomic mass is 32.2. The Balaban J connectivity index is 0.000000452. The number of fused-ring (bicyclic) bond motifs is 1. The van der Waals surface area contributed by atoms with E-state index in [-0.39, 0.29) is 10.5 Å². The third kappa shape index (κ3) is 30.3. The molecule has 45 atom stereocenters. The number of nitrogens with one attached hydrogen (secondary N) is 1. The molecule has 1 amide bonds. The summed E-state index contributed by atoms with van der Waals surface area (Å²) in [5, 5.41) is 402. The maximum atomic E-state index is 11.1. The van der Waals surface area contributed by atoms with Crippen molar-refractivity contribution in [3.63, 3.8) is 0 Å². The van der Waals surface area contributed by atoms with Crippen LogP contribution in [0.4, 0.5) is 0 Å². The van der Waals surface area contributed by atoms with E-state index in [0.29, 0.717) is 0 Å². The Labute approximate surface area is 675 Å². The van der Waals surface area contributed by atoms with Crippen LogP contribution in [0.15, 0.2) is 29.2 Å². The molecule has 58 nitrogen and oxygen atoms in total. The zero-order valence-electron chi connectivity index (χ0n) is 62.1. The lowest BCUT2D eigenvalue weighted by molar-refractivity contribution is -0.286. The molecule has 0 aromatic heterocycles. The van der Waals surface area contributed by atoms with Crippen molar-refractivity contribution in [2.45, 2.75) is 281 Å². The van der Waals surface area contributed by atoms with Crippen LogP contribution >= 0.6 is 0 Å². The van der Waals surface area contributed by atoms with Crippen molar-refractivity contribution in [2.75, 3.05) is 59.5 Å².